The molecule has 2 aromatic carbocycles. The Morgan fingerprint density at radius 1 is 0.971 bits per heavy atom. The Hall–Kier alpha value is -4.33. The van der Waals surface area contributed by atoms with E-state index in [4.69, 9.17) is 14.3 Å². The van der Waals surface area contributed by atoms with E-state index in [2.05, 4.69) is 22.8 Å². The topological polar surface area (TPSA) is 118 Å². The highest BCUT2D eigenvalue weighted by Gasteiger charge is 2.30. The van der Waals surface area contributed by atoms with E-state index in [-0.39, 0.29) is 30.4 Å². The summed E-state index contributed by atoms with van der Waals surface area (Å²) in [5.41, 5.74) is 4.64. The van der Waals surface area contributed by atoms with Gasteiger partial charge in [0.1, 0.15) is 6.61 Å². The van der Waals surface area contributed by atoms with Crippen LogP contribution < -0.4 is 10.6 Å². The van der Waals surface area contributed by atoms with Gasteiger partial charge in [-0.3, -0.25) is 14.9 Å². The second-order valence-corrected chi connectivity index (χ2v) is 8.26. The second kappa shape index (κ2) is 8.90. The average Bonchev–Trinajstić information content (AvgIpc) is 3.56. The minimum Gasteiger partial charge on any atom is -0.481 e. The minimum absolute atomic E-state index is 0.0818. The van der Waals surface area contributed by atoms with Crippen LogP contribution in [0.5, 0.6) is 0 Å². The molecule has 172 valence electrons. The van der Waals surface area contributed by atoms with Gasteiger partial charge in [-0.25, -0.2) is 4.79 Å². The largest absolute Gasteiger partial charge is 0.481 e. The van der Waals surface area contributed by atoms with Crippen molar-refractivity contribution in [3.8, 4) is 11.1 Å². The number of carboxylic acid groups (broad SMARTS) is 1. The lowest BCUT2D eigenvalue weighted by Gasteiger charge is -2.15. The molecule has 0 radical (unpaired) electrons. The SMILES string of the molecule is O=C(Nc1ccoc1C(=O)NC1C=CC(C(=O)O)C1)OCC1c2ccccc2-c2ccccc21. The normalized spacial score (nSPS) is 18.2. The zero-order valence-corrected chi connectivity index (χ0v) is 18.1. The summed E-state index contributed by atoms with van der Waals surface area (Å²) in [7, 11) is 0. The summed E-state index contributed by atoms with van der Waals surface area (Å²) < 4.78 is 10.8. The van der Waals surface area contributed by atoms with Crippen molar-refractivity contribution in [1.29, 1.82) is 0 Å². The monoisotopic (exact) mass is 458 g/mol. The molecular weight excluding hydrogens is 436 g/mol. The van der Waals surface area contributed by atoms with Crippen molar-refractivity contribution in [1.82, 2.24) is 5.32 Å². The molecule has 34 heavy (non-hydrogen) atoms. The van der Waals surface area contributed by atoms with Crippen LogP contribution in [0.3, 0.4) is 0 Å². The van der Waals surface area contributed by atoms with Gasteiger partial charge in [-0.15, -0.1) is 0 Å². The van der Waals surface area contributed by atoms with Crippen LogP contribution in [0.2, 0.25) is 0 Å². The maximum atomic E-state index is 12.6. The number of carbonyl (C=O) groups is 3. The fourth-order valence-electron chi connectivity index (χ4n) is 4.55. The molecule has 0 aliphatic heterocycles. The summed E-state index contributed by atoms with van der Waals surface area (Å²) >= 11 is 0. The number of nitrogens with one attached hydrogen (secondary N) is 2. The molecule has 3 aromatic rings. The molecule has 0 saturated carbocycles. The smallest absolute Gasteiger partial charge is 0.411 e. The number of ether oxygens (including phenoxy) is 1. The summed E-state index contributed by atoms with van der Waals surface area (Å²) in [5, 5.41) is 14.4. The van der Waals surface area contributed by atoms with Crippen molar-refractivity contribution < 1.29 is 28.6 Å². The van der Waals surface area contributed by atoms with Gasteiger partial charge in [-0.05, 0) is 28.7 Å². The number of hydrogen-bond donors (Lipinski definition) is 3. The number of furan rings is 1. The number of fused-ring (bicyclic) bond motifs is 3. The van der Waals surface area contributed by atoms with E-state index in [9.17, 15) is 14.4 Å². The molecule has 3 N–H and O–H groups in total. The van der Waals surface area contributed by atoms with Crippen LogP contribution >= 0.6 is 0 Å². The lowest BCUT2D eigenvalue weighted by molar-refractivity contribution is -0.140. The summed E-state index contributed by atoms with van der Waals surface area (Å²) in [5.74, 6) is -2.30. The van der Waals surface area contributed by atoms with Gasteiger partial charge in [0.2, 0.25) is 5.76 Å². The van der Waals surface area contributed by atoms with E-state index in [1.54, 1.807) is 12.2 Å². The maximum Gasteiger partial charge on any atom is 0.411 e. The fourth-order valence-corrected chi connectivity index (χ4v) is 4.55. The lowest BCUT2D eigenvalue weighted by Crippen LogP contribution is -2.33. The molecule has 1 heterocycles. The third kappa shape index (κ3) is 4.05. The first-order chi connectivity index (χ1) is 16.5. The Morgan fingerprint density at radius 3 is 2.29 bits per heavy atom. The van der Waals surface area contributed by atoms with Crippen LogP contribution in [-0.4, -0.2) is 35.7 Å². The van der Waals surface area contributed by atoms with E-state index >= 15 is 0 Å². The van der Waals surface area contributed by atoms with Crippen molar-refractivity contribution in [2.45, 2.75) is 18.4 Å². The van der Waals surface area contributed by atoms with Gasteiger partial charge < -0.3 is 19.6 Å². The molecule has 2 aliphatic rings. The Kier molecular flexibility index (Phi) is 5.63. The predicted octanol–water partition coefficient (Wildman–Crippen LogP) is 4.40. The van der Waals surface area contributed by atoms with E-state index in [0.717, 1.165) is 22.3 Å². The van der Waals surface area contributed by atoms with Gasteiger partial charge in [0.25, 0.3) is 5.91 Å². The van der Waals surface area contributed by atoms with Gasteiger partial charge in [0.05, 0.1) is 17.9 Å². The van der Waals surface area contributed by atoms with E-state index in [1.807, 2.05) is 36.4 Å². The highest BCUT2D eigenvalue weighted by molar-refractivity contribution is 6.00. The highest BCUT2D eigenvalue weighted by Crippen LogP contribution is 2.44. The van der Waals surface area contributed by atoms with Crippen molar-refractivity contribution in [2.24, 2.45) is 5.92 Å². The van der Waals surface area contributed by atoms with Crippen molar-refractivity contribution in [2.75, 3.05) is 11.9 Å². The molecule has 0 saturated heterocycles. The summed E-state index contributed by atoms with van der Waals surface area (Å²) in [6.45, 7) is 0.142. The Balaban J connectivity index is 1.21. The van der Waals surface area contributed by atoms with Crippen LogP contribution in [0.1, 0.15) is 34.0 Å². The molecule has 1 aromatic heterocycles. The molecule has 8 heteroatoms. The molecule has 2 atom stereocenters. The van der Waals surface area contributed by atoms with Crippen molar-refractivity contribution in [3.05, 3.63) is 89.9 Å². The first-order valence-corrected chi connectivity index (χ1v) is 10.9. The van der Waals surface area contributed by atoms with Crippen LogP contribution in [-0.2, 0) is 9.53 Å². The number of rotatable bonds is 6. The first-order valence-electron chi connectivity index (χ1n) is 10.9. The molecule has 2 aliphatic carbocycles. The Bertz CT molecular complexity index is 1250. The Labute approximate surface area is 195 Å². The quantitative estimate of drug-likeness (QED) is 0.471. The second-order valence-electron chi connectivity index (χ2n) is 8.26. The summed E-state index contributed by atoms with van der Waals surface area (Å²) in [6.07, 6.45) is 4.03. The van der Waals surface area contributed by atoms with Gasteiger partial charge >= 0.3 is 12.1 Å². The zero-order valence-electron chi connectivity index (χ0n) is 18.1. The molecule has 2 amide bonds. The van der Waals surface area contributed by atoms with Crippen LogP contribution in [0.4, 0.5) is 10.5 Å². The number of hydrogen-bond acceptors (Lipinski definition) is 5. The lowest BCUT2D eigenvalue weighted by atomic mass is 9.98. The van der Waals surface area contributed by atoms with E-state index in [0.29, 0.717) is 0 Å². The minimum atomic E-state index is -0.941. The predicted molar refractivity (Wildman–Crippen MR) is 124 cm³/mol. The molecule has 0 spiro atoms. The third-order valence-electron chi connectivity index (χ3n) is 6.17. The first kappa shape index (κ1) is 21.5. The number of carbonyl (C=O) groups excluding carboxylic acids is 2. The van der Waals surface area contributed by atoms with Crippen LogP contribution in [0.15, 0.2) is 77.4 Å². The van der Waals surface area contributed by atoms with E-state index in [1.165, 1.54) is 12.3 Å². The van der Waals surface area contributed by atoms with Gasteiger partial charge in [0, 0.05) is 18.0 Å². The highest BCUT2D eigenvalue weighted by atomic mass is 16.5. The van der Waals surface area contributed by atoms with Gasteiger partial charge in [-0.1, -0.05) is 60.7 Å². The van der Waals surface area contributed by atoms with Gasteiger partial charge in [0.15, 0.2) is 0 Å². The molecule has 8 nitrogen and oxygen atoms in total. The van der Waals surface area contributed by atoms with Crippen molar-refractivity contribution in [3.63, 3.8) is 0 Å². The maximum absolute atomic E-state index is 12.6. The Morgan fingerprint density at radius 2 is 1.65 bits per heavy atom. The molecule has 0 fully saturated rings. The number of aliphatic carboxylic acids is 1. The molecule has 5 rings (SSSR count). The molecule has 0 bridgehead atoms. The van der Waals surface area contributed by atoms with Crippen molar-refractivity contribution >= 4 is 23.7 Å². The van der Waals surface area contributed by atoms with Crippen LogP contribution in [0, 0.1) is 5.92 Å². The average molecular weight is 458 g/mol. The number of amides is 2. The molecular formula is C26H22N2O6. The molecule has 2 unspecified atom stereocenters. The van der Waals surface area contributed by atoms with E-state index < -0.39 is 29.9 Å². The van der Waals surface area contributed by atoms with Crippen LogP contribution in [0.25, 0.3) is 11.1 Å². The number of carboxylic acids is 1. The fraction of sp³-hybridized carbons (Fsp3) is 0.192. The third-order valence-corrected chi connectivity index (χ3v) is 6.17. The summed E-state index contributed by atoms with van der Waals surface area (Å²) in [6, 6.07) is 17.1. The summed E-state index contributed by atoms with van der Waals surface area (Å²) in [4.78, 5) is 36.2. The number of anilines is 1. The van der Waals surface area contributed by atoms with Gasteiger partial charge in [-0.2, -0.15) is 0 Å². The standard InChI is InChI=1S/C26H22N2O6/c29-24(27-16-10-9-15(13-16)25(30)31)23-22(11-12-33-23)28-26(32)34-14-21-19-7-3-1-5-17(19)18-6-2-4-8-20(18)21/h1-12,15-16,21H,13-14H2,(H,27,29)(H,28,32)(H,30,31). The number of benzene rings is 2. The zero-order chi connectivity index (χ0) is 23.7.